The van der Waals surface area contributed by atoms with E-state index in [9.17, 15) is 4.79 Å². The van der Waals surface area contributed by atoms with Gasteiger partial charge in [-0.2, -0.15) is 4.52 Å². The van der Waals surface area contributed by atoms with Gasteiger partial charge in [0.2, 0.25) is 5.88 Å². The molecule has 3 rings (SSSR count). The summed E-state index contributed by atoms with van der Waals surface area (Å²) in [7, 11) is 0. The zero-order chi connectivity index (χ0) is 14.8. The van der Waals surface area contributed by atoms with Gasteiger partial charge in [-0.15, -0.1) is 26.6 Å². The number of aromatic nitrogens is 4. The molecule has 0 saturated carbocycles. The van der Waals surface area contributed by atoms with Crippen LogP contribution in [0.15, 0.2) is 29.6 Å². The van der Waals surface area contributed by atoms with Gasteiger partial charge in [-0.05, 0) is 23.9 Å². The van der Waals surface area contributed by atoms with E-state index in [-0.39, 0.29) is 0 Å². The molecule has 0 bridgehead atoms. The number of ether oxygens (including phenoxy) is 1. The van der Waals surface area contributed by atoms with E-state index >= 15 is 0 Å². The zero-order valence-electron chi connectivity index (χ0n) is 11.3. The molecule has 2 N–H and O–H groups in total. The van der Waals surface area contributed by atoms with Gasteiger partial charge in [0.1, 0.15) is 0 Å². The molecule has 0 aliphatic carbocycles. The number of hydrogen-bond acceptors (Lipinski definition) is 6. The maximum atomic E-state index is 11.2. The second kappa shape index (κ2) is 5.49. The number of hydrogen-bond donors (Lipinski definition) is 1. The standard InChI is InChI=1S/C13H13N5O2S/c1-2-8(12(14)19)20-11-6-5-10-15-16-13(18(10)17-11)9-4-3-7-21-9/h3-8H,2H2,1H3,(H2,14,19)/t8-/m1/s1. The van der Waals surface area contributed by atoms with Crippen LogP contribution in [0.25, 0.3) is 16.3 Å². The van der Waals surface area contributed by atoms with Gasteiger partial charge < -0.3 is 10.5 Å². The number of primary amides is 1. The second-order valence-electron chi connectivity index (χ2n) is 4.36. The number of fused-ring (bicyclic) bond motifs is 1. The highest BCUT2D eigenvalue weighted by Crippen LogP contribution is 2.23. The Morgan fingerprint density at radius 1 is 1.43 bits per heavy atom. The van der Waals surface area contributed by atoms with Gasteiger partial charge >= 0.3 is 0 Å². The van der Waals surface area contributed by atoms with Gasteiger partial charge in [0.15, 0.2) is 17.6 Å². The monoisotopic (exact) mass is 303 g/mol. The molecule has 1 amide bonds. The van der Waals surface area contributed by atoms with E-state index < -0.39 is 12.0 Å². The minimum atomic E-state index is -0.698. The lowest BCUT2D eigenvalue weighted by atomic mass is 10.3. The molecule has 108 valence electrons. The van der Waals surface area contributed by atoms with Crippen molar-refractivity contribution in [2.45, 2.75) is 19.4 Å². The van der Waals surface area contributed by atoms with Crippen LogP contribution in [0.3, 0.4) is 0 Å². The Labute approximate surface area is 124 Å². The minimum absolute atomic E-state index is 0.311. The molecule has 7 nitrogen and oxygen atoms in total. The number of carbonyl (C=O) groups excluding carboxylic acids is 1. The van der Waals surface area contributed by atoms with E-state index in [4.69, 9.17) is 10.5 Å². The van der Waals surface area contributed by atoms with Gasteiger partial charge in [-0.3, -0.25) is 4.79 Å². The Kier molecular flexibility index (Phi) is 3.53. The van der Waals surface area contributed by atoms with Crippen molar-refractivity contribution in [1.82, 2.24) is 19.8 Å². The number of amides is 1. The van der Waals surface area contributed by atoms with Crippen LogP contribution in [-0.2, 0) is 4.79 Å². The van der Waals surface area contributed by atoms with Crippen molar-refractivity contribution < 1.29 is 9.53 Å². The summed E-state index contributed by atoms with van der Waals surface area (Å²) < 4.78 is 7.11. The Hall–Kier alpha value is -2.48. The number of rotatable bonds is 5. The lowest BCUT2D eigenvalue weighted by molar-refractivity contribution is -0.124. The number of thiophene rings is 1. The van der Waals surface area contributed by atoms with Crippen molar-refractivity contribution in [2.75, 3.05) is 0 Å². The fourth-order valence-electron chi connectivity index (χ4n) is 1.88. The molecule has 21 heavy (non-hydrogen) atoms. The third-order valence-electron chi connectivity index (χ3n) is 2.93. The average molecular weight is 303 g/mol. The van der Waals surface area contributed by atoms with Crippen LogP contribution in [0, 0.1) is 0 Å². The average Bonchev–Trinajstić information content (AvgIpc) is 3.12. The molecule has 0 saturated heterocycles. The highest BCUT2D eigenvalue weighted by Gasteiger charge is 2.17. The van der Waals surface area contributed by atoms with Gasteiger partial charge in [0.25, 0.3) is 5.91 Å². The van der Waals surface area contributed by atoms with Crippen molar-refractivity contribution in [1.29, 1.82) is 0 Å². The van der Waals surface area contributed by atoms with Gasteiger partial charge in [0, 0.05) is 6.07 Å². The fourth-order valence-corrected chi connectivity index (χ4v) is 2.58. The van der Waals surface area contributed by atoms with Crippen LogP contribution >= 0.6 is 11.3 Å². The quantitative estimate of drug-likeness (QED) is 0.770. The molecule has 0 aliphatic heterocycles. The lowest BCUT2D eigenvalue weighted by Crippen LogP contribution is -2.33. The molecule has 3 heterocycles. The first-order valence-electron chi connectivity index (χ1n) is 6.41. The Balaban J connectivity index is 1.99. The molecule has 0 unspecified atom stereocenters. The molecular formula is C13H13N5O2S. The summed E-state index contributed by atoms with van der Waals surface area (Å²) in [6, 6.07) is 7.25. The molecular weight excluding hydrogens is 290 g/mol. The van der Waals surface area contributed by atoms with Crippen molar-refractivity contribution in [3.63, 3.8) is 0 Å². The number of nitrogens with zero attached hydrogens (tertiary/aromatic N) is 4. The highest BCUT2D eigenvalue weighted by atomic mass is 32.1. The largest absolute Gasteiger partial charge is 0.463 e. The van der Waals surface area contributed by atoms with Crippen molar-refractivity contribution in [2.24, 2.45) is 5.73 Å². The highest BCUT2D eigenvalue weighted by molar-refractivity contribution is 7.13. The summed E-state index contributed by atoms with van der Waals surface area (Å²) in [6.07, 6.45) is -0.216. The Morgan fingerprint density at radius 3 is 2.95 bits per heavy atom. The predicted molar refractivity (Wildman–Crippen MR) is 78.0 cm³/mol. The SMILES string of the molecule is CC[C@@H](Oc1ccc2nnc(-c3cccs3)n2n1)C(N)=O. The first-order chi connectivity index (χ1) is 10.2. The molecule has 0 radical (unpaired) electrons. The van der Waals surface area contributed by atoms with Crippen LogP contribution in [0.4, 0.5) is 0 Å². The number of carbonyl (C=O) groups is 1. The third-order valence-corrected chi connectivity index (χ3v) is 3.80. The first kappa shape index (κ1) is 13.5. The first-order valence-corrected chi connectivity index (χ1v) is 7.29. The number of nitrogens with two attached hydrogens (primary N) is 1. The summed E-state index contributed by atoms with van der Waals surface area (Å²) >= 11 is 1.55. The maximum absolute atomic E-state index is 11.2. The molecule has 1 atom stereocenters. The van der Waals surface area contributed by atoms with Crippen molar-refractivity contribution >= 4 is 22.9 Å². The van der Waals surface area contributed by atoms with Crippen LogP contribution in [0.2, 0.25) is 0 Å². The summed E-state index contributed by atoms with van der Waals surface area (Å²) in [5.41, 5.74) is 5.88. The molecule has 0 aliphatic rings. The van der Waals surface area contributed by atoms with E-state index in [1.807, 2.05) is 24.4 Å². The molecule has 0 aromatic carbocycles. The summed E-state index contributed by atoms with van der Waals surface area (Å²) in [5.74, 6) is 0.435. The topological polar surface area (TPSA) is 95.4 Å². The van der Waals surface area contributed by atoms with E-state index in [0.717, 1.165) is 4.88 Å². The molecule has 8 heteroatoms. The van der Waals surface area contributed by atoms with Crippen LogP contribution in [0.5, 0.6) is 5.88 Å². The zero-order valence-corrected chi connectivity index (χ0v) is 12.1. The van der Waals surface area contributed by atoms with Crippen LogP contribution in [0.1, 0.15) is 13.3 Å². The molecule has 3 aromatic rings. The second-order valence-corrected chi connectivity index (χ2v) is 5.31. The summed E-state index contributed by atoms with van der Waals surface area (Å²) in [4.78, 5) is 12.2. The normalized spacial score (nSPS) is 12.4. The van der Waals surface area contributed by atoms with Gasteiger partial charge in [-0.1, -0.05) is 13.0 Å². The molecule has 0 fully saturated rings. The minimum Gasteiger partial charge on any atom is -0.463 e. The Morgan fingerprint density at radius 2 is 2.29 bits per heavy atom. The molecule has 3 aromatic heterocycles. The van der Waals surface area contributed by atoms with E-state index in [1.54, 1.807) is 28.0 Å². The smallest absolute Gasteiger partial charge is 0.258 e. The summed E-state index contributed by atoms with van der Waals surface area (Å²) in [6.45, 7) is 1.82. The lowest BCUT2D eigenvalue weighted by Gasteiger charge is -2.12. The van der Waals surface area contributed by atoms with Crippen molar-refractivity contribution in [3.05, 3.63) is 29.6 Å². The van der Waals surface area contributed by atoms with E-state index in [0.29, 0.717) is 23.8 Å². The third kappa shape index (κ3) is 2.57. The van der Waals surface area contributed by atoms with Gasteiger partial charge in [0.05, 0.1) is 4.88 Å². The maximum Gasteiger partial charge on any atom is 0.258 e. The van der Waals surface area contributed by atoms with Crippen LogP contribution in [-0.4, -0.2) is 31.8 Å². The van der Waals surface area contributed by atoms with Crippen LogP contribution < -0.4 is 10.5 Å². The van der Waals surface area contributed by atoms with E-state index in [1.165, 1.54) is 0 Å². The van der Waals surface area contributed by atoms with Gasteiger partial charge in [-0.25, -0.2) is 0 Å². The van der Waals surface area contributed by atoms with Crippen molar-refractivity contribution in [3.8, 4) is 16.6 Å². The predicted octanol–water partition coefficient (Wildman–Crippen LogP) is 1.50. The molecule has 0 spiro atoms. The Bertz CT molecular complexity index is 768. The van der Waals surface area contributed by atoms with E-state index in [2.05, 4.69) is 15.3 Å². The fraction of sp³-hybridized carbons (Fsp3) is 0.231. The summed E-state index contributed by atoms with van der Waals surface area (Å²) in [5, 5.41) is 14.5.